The maximum atomic E-state index is 13.1. The molecule has 1 aliphatic rings. The van der Waals surface area contributed by atoms with Crippen LogP contribution in [0.3, 0.4) is 0 Å². The summed E-state index contributed by atoms with van der Waals surface area (Å²) in [4.78, 5) is 25.6. The average Bonchev–Trinajstić information content (AvgIpc) is 2.81. The molecule has 2 amide bonds. The SMILES string of the molecule is NC(=O)CCN(c1ccc(F)cc1)C1CCN(CC(F)(F)F)C1=O. The Morgan fingerprint density at radius 1 is 1.29 bits per heavy atom. The van der Waals surface area contributed by atoms with E-state index in [2.05, 4.69) is 0 Å². The second-order valence-corrected chi connectivity index (χ2v) is 5.57. The Morgan fingerprint density at radius 2 is 1.92 bits per heavy atom. The van der Waals surface area contributed by atoms with Crippen LogP contribution in [-0.4, -0.2) is 48.6 Å². The largest absolute Gasteiger partial charge is 0.406 e. The van der Waals surface area contributed by atoms with E-state index in [0.29, 0.717) is 5.69 Å². The minimum atomic E-state index is -4.47. The standard InChI is InChI=1S/C15H17F4N3O2/c16-10-1-3-11(4-2-10)22(8-6-13(20)23)12-5-7-21(14(12)24)9-15(17,18)19/h1-4,12H,5-9H2,(H2,20,23). The lowest BCUT2D eigenvalue weighted by Gasteiger charge is -2.30. The summed E-state index contributed by atoms with van der Waals surface area (Å²) in [5.74, 6) is -1.74. The van der Waals surface area contributed by atoms with Gasteiger partial charge in [0.05, 0.1) is 0 Å². The summed E-state index contributed by atoms with van der Waals surface area (Å²) >= 11 is 0. The number of benzene rings is 1. The summed E-state index contributed by atoms with van der Waals surface area (Å²) in [6.07, 6.45) is -4.36. The molecule has 0 radical (unpaired) electrons. The zero-order chi connectivity index (χ0) is 17.9. The monoisotopic (exact) mass is 347 g/mol. The fourth-order valence-corrected chi connectivity index (χ4v) is 2.71. The van der Waals surface area contributed by atoms with Gasteiger partial charge in [-0.05, 0) is 30.7 Å². The molecule has 1 aliphatic heterocycles. The molecule has 9 heteroatoms. The van der Waals surface area contributed by atoms with E-state index in [1.807, 2.05) is 0 Å². The fraction of sp³-hybridized carbons (Fsp3) is 0.467. The molecular formula is C15H17F4N3O2. The molecule has 1 atom stereocenters. The Balaban J connectivity index is 2.19. The first-order chi connectivity index (χ1) is 11.2. The van der Waals surface area contributed by atoms with E-state index in [9.17, 15) is 27.2 Å². The van der Waals surface area contributed by atoms with Crippen molar-refractivity contribution >= 4 is 17.5 Å². The van der Waals surface area contributed by atoms with E-state index in [-0.39, 0.29) is 25.9 Å². The van der Waals surface area contributed by atoms with Gasteiger partial charge in [-0.2, -0.15) is 13.2 Å². The van der Waals surface area contributed by atoms with Crippen LogP contribution < -0.4 is 10.6 Å². The van der Waals surface area contributed by atoms with Crippen molar-refractivity contribution in [1.29, 1.82) is 0 Å². The Labute approximate surface area is 136 Å². The van der Waals surface area contributed by atoms with Crippen LogP contribution in [0.2, 0.25) is 0 Å². The third-order valence-corrected chi connectivity index (χ3v) is 3.77. The minimum absolute atomic E-state index is 0.0305. The number of amides is 2. The first-order valence-corrected chi connectivity index (χ1v) is 7.33. The van der Waals surface area contributed by atoms with Crippen molar-refractivity contribution in [2.75, 3.05) is 24.5 Å². The maximum Gasteiger partial charge on any atom is 0.406 e. The van der Waals surface area contributed by atoms with Gasteiger partial charge in [0.1, 0.15) is 18.4 Å². The van der Waals surface area contributed by atoms with Gasteiger partial charge in [-0.15, -0.1) is 0 Å². The predicted octanol–water partition coefficient (Wildman–Crippen LogP) is 1.67. The summed E-state index contributed by atoms with van der Waals surface area (Å²) in [5, 5.41) is 0. The summed E-state index contributed by atoms with van der Waals surface area (Å²) in [5.41, 5.74) is 5.57. The molecule has 1 aromatic carbocycles. The van der Waals surface area contributed by atoms with Crippen molar-refractivity contribution in [1.82, 2.24) is 4.90 Å². The van der Waals surface area contributed by atoms with Crippen molar-refractivity contribution in [3.63, 3.8) is 0 Å². The Bertz CT molecular complexity index is 604. The molecule has 1 fully saturated rings. The number of nitrogens with two attached hydrogens (primary N) is 1. The second-order valence-electron chi connectivity index (χ2n) is 5.57. The number of primary amides is 1. The Morgan fingerprint density at radius 3 is 2.46 bits per heavy atom. The number of likely N-dealkylation sites (tertiary alicyclic amines) is 1. The number of nitrogens with zero attached hydrogens (tertiary/aromatic N) is 2. The minimum Gasteiger partial charge on any atom is -0.370 e. The van der Waals surface area contributed by atoms with Crippen LogP contribution in [0.4, 0.5) is 23.2 Å². The zero-order valence-electron chi connectivity index (χ0n) is 12.7. The number of hydrogen-bond donors (Lipinski definition) is 1. The number of anilines is 1. The molecule has 1 heterocycles. The second kappa shape index (κ2) is 7.06. The van der Waals surface area contributed by atoms with E-state index >= 15 is 0 Å². The quantitative estimate of drug-likeness (QED) is 0.796. The molecule has 5 nitrogen and oxygen atoms in total. The first kappa shape index (κ1) is 18.0. The summed E-state index contributed by atoms with van der Waals surface area (Å²) in [6, 6.07) is 4.35. The molecule has 2 N–H and O–H groups in total. The molecule has 0 saturated carbocycles. The Kier molecular flexibility index (Phi) is 5.30. The van der Waals surface area contributed by atoms with Crippen LogP contribution in [-0.2, 0) is 9.59 Å². The van der Waals surface area contributed by atoms with Crippen molar-refractivity contribution in [3.8, 4) is 0 Å². The molecule has 2 rings (SSSR count). The lowest BCUT2D eigenvalue weighted by Crippen LogP contribution is -2.45. The zero-order valence-corrected chi connectivity index (χ0v) is 12.7. The van der Waals surface area contributed by atoms with Gasteiger partial charge >= 0.3 is 6.18 Å². The number of halogens is 4. The summed E-state index contributed by atoms with van der Waals surface area (Å²) < 4.78 is 50.6. The van der Waals surface area contributed by atoms with Crippen LogP contribution >= 0.6 is 0 Å². The third kappa shape index (κ3) is 4.59. The van der Waals surface area contributed by atoms with Crippen LogP contribution in [0.15, 0.2) is 24.3 Å². The molecule has 0 spiro atoms. The Hall–Kier alpha value is -2.32. The van der Waals surface area contributed by atoms with E-state index in [0.717, 1.165) is 4.90 Å². The topological polar surface area (TPSA) is 66.6 Å². The highest BCUT2D eigenvalue weighted by Gasteiger charge is 2.41. The molecular weight excluding hydrogens is 330 g/mol. The maximum absolute atomic E-state index is 13.1. The number of rotatable bonds is 6. The van der Waals surface area contributed by atoms with Crippen LogP contribution in [0, 0.1) is 5.82 Å². The van der Waals surface area contributed by atoms with E-state index in [1.54, 1.807) is 0 Å². The van der Waals surface area contributed by atoms with Crippen LogP contribution in [0.5, 0.6) is 0 Å². The van der Waals surface area contributed by atoms with Gasteiger partial charge < -0.3 is 15.5 Å². The van der Waals surface area contributed by atoms with Gasteiger partial charge in [0, 0.05) is 25.2 Å². The molecule has 24 heavy (non-hydrogen) atoms. The number of carbonyl (C=O) groups excluding carboxylic acids is 2. The fourth-order valence-electron chi connectivity index (χ4n) is 2.71. The van der Waals surface area contributed by atoms with Crippen molar-refractivity contribution in [3.05, 3.63) is 30.1 Å². The predicted molar refractivity (Wildman–Crippen MR) is 78.6 cm³/mol. The van der Waals surface area contributed by atoms with Gasteiger partial charge in [0.25, 0.3) is 0 Å². The number of carbonyl (C=O) groups is 2. The van der Waals surface area contributed by atoms with E-state index in [1.165, 1.54) is 29.2 Å². The number of alkyl halides is 3. The highest BCUT2D eigenvalue weighted by Crippen LogP contribution is 2.27. The van der Waals surface area contributed by atoms with E-state index < -0.39 is 36.4 Å². The molecule has 132 valence electrons. The molecule has 0 bridgehead atoms. The molecule has 0 aliphatic carbocycles. The smallest absolute Gasteiger partial charge is 0.370 e. The lowest BCUT2D eigenvalue weighted by molar-refractivity contribution is -0.157. The molecule has 1 aromatic rings. The average molecular weight is 347 g/mol. The summed E-state index contributed by atoms with van der Waals surface area (Å²) in [6.45, 7) is -1.27. The van der Waals surface area contributed by atoms with Gasteiger partial charge in [-0.3, -0.25) is 9.59 Å². The summed E-state index contributed by atoms with van der Waals surface area (Å²) in [7, 11) is 0. The van der Waals surface area contributed by atoms with E-state index in [4.69, 9.17) is 5.73 Å². The third-order valence-electron chi connectivity index (χ3n) is 3.77. The highest BCUT2D eigenvalue weighted by atomic mass is 19.4. The normalized spacial score (nSPS) is 18.1. The first-order valence-electron chi connectivity index (χ1n) is 7.33. The van der Waals surface area contributed by atoms with Gasteiger partial charge in [-0.1, -0.05) is 0 Å². The van der Waals surface area contributed by atoms with Gasteiger partial charge in [0.2, 0.25) is 11.8 Å². The highest BCUT2D eigenvalue weighted by molar-refractivity contribution is 5.87. The van der Waals surface area contributed by atoms with Crippen LogP contribution in [0.25, 0.3) is 0 Å². The van der Waals surface area contributed by atoms with Crippen molar-refractivity contribution < 1.29 is 27.2 Å². The van der Waals surface area contributed by atoms with Crippen molar-refractivity contribution in [2.24, 2.45) is 5.73 Å². The van der Waals surface area contributed by atoms with Gasteiger partial charge in [-0.25, -0.2) is 4.39 Å². The number of hydrogen-bond acceptors (Lipinski definition) is 3. The van der Waals surface area contributed by atoms with Crippen molar-refractivity contribution in [2.45, 2.75) is 25.1 Å². The lowest BCUT2D eigenvalue weighted by atomic mass is 10.1. The molecule has 1 saturated heterocycles. The van der Waals surface area contributed by atoms with Crippen LogP contribution in [0.1, 0.15) is 12.8 Å². The molecule has 1 unspecified atom stereocenters. The molecule has 0 aromatic heterocycles. The van der Waals surface area contributed by atoms with Gasteiger partial charge in [0.15, 0.2) is 0 Å².